The molecule has 2 aromatic rings. The SMILES string of the molecule is COc1ccc2c(c1)C(C)N(C(=O)c1csc(SC)n1)CC2. The molecule has 0 fully saturated rings. The normalized spacial score (nSPS) is 17.2. The van der Waals surface area contributed by atoms with Gasteiger partial charge in [-0.25, -0.2) is 4.98 Å². The second kappa shape index (κ2) is 6.30. The van der Waals surface area contributed by atoms with Gasteiger partial charge in [-0.1, -0.05) is 17.8 Å². The van der Waals surface area contributed by atoms with Crippen LogP contribution in [0.1, 0.15) is 34.6 Å². The first-order chi connectivity index (χ1) is 10.6. The molecule has 0 aliphatic carbocycles. The lowest BCUT2D eigenvalue weighted by Crippen LogP contribution is -2.39. The van der Waals surface area contributed by atoms with Crippen LogP contribution in [0.25, 0.3) is 0 Å². The van der Waals surface area contributed by atoms with Crippen LogP contribution in [-0.2, 0) is 6.42 Å². The molecule has 0 N–H and O–H groups in total. The highest BCUT2D eigenvalue weighted by Gasteiger charge is 2.29. The molecule has 116 valence electrons. The Balaban J connectivity index is 1.88. The largest absolute Gasteiger partial charge is 0.497 e. The Bertz CT molecular complexity index is 699. The molecule has 1 amide bonds. The van der Waals surface area contributed by atoms with Crippen LogP contribution in [0.2, 0.25) is 0 Å². The summed E-state index contributed by atoms with van der Waals surface area (Å²) in [4.78, 5) is 19.0. The number of fused-ring (bicyclic) bond motifs is 1. The molecule has 1 aliphatic heterocycles. The summed E-state index contributed by atoms with van der Waals surface area (Å²) in [5, 5.41) is 1.85. The van der Waals surface area contributed by atoms with Gasteiger partial charge in [-0.15, -0.1) is 11.3 Å². The molecule has 2 heterocycles. The first-order valence-corrected chi connectivity index (χ1v) is 9.21. The molecule has 1 aromatic carbocycles. The van der Waals surface area contributed by atoms with Crippen LogP contribution < -0.4 is 4.74 Å². The number of amides is 1. The van der Waals surface area contributed by atoms with E-state index in [1.807, 2.05) is 28.7 Å². The Morgan fingerprint density at radius 1 is 1.50 bits per heavy atom. The van der Waals surface area contributed by atoms with Crippen LogP contribution >= 0.6 is 23.1 Å². The van der Waals surface area contributed by atoms with E-state index >= 15 is 0 Å². The van der Waals surface area contributed by atoms with Crippen molar-refractivity contribution in [2.75, 3.05) is 19.9 Å². The van der Waals surface area contributed by atoms with Gasteiger partial charge in [0.2, 0.25) is 0 Å². The number of carbonyl (C=O) groups excluding carboxylic acids is 1. The minimum atomic E-state index is 0.0116. The highest BCUT2D eigenvalue weighted by molar-refractivity contribution is 8.00. The first-order valence-electron chi connectivity index (χ1n) is 7.11. The van der Waals surface area contributed by atoms with Crippen LogP contribution in [0.15, 0.2) is 27.9 Å². The third kappa shape index (κ3) is 2.73. The molecule has 3 rings (SSSR count). The van der Waals surface area contributed by atoms with E-state index < -0.39 is 0 Å². The maximum atomic E-state index is 12.7. The van der Waals surface area contributed by atoms with Crippen LogP contribution in [-0.4, -0.2) is 35.7 Å². The van der Waals surface area contributed by atoms with Crippen molar-refractivity contribution in [3.63, 3.8) is 0 Å². The van der Waals surface area contributed by atoms with Gasteiger partial charge in [0.25, 0.3) is 5.91 Å². The van der Waals surface area contributed by atoms with E-state index in [2.05, 4.69) is 18.0 Å². The van der Waals surface area contributed by atoms with E-state index in [0.29, 0.717) is 5.69 Å². The molecule has 1 aromatic heterocycles. The van der Waals surface area contributed by atoms with E-state index in [1.54, 1.807) is 18.9 Å². The second-order valence-electron chi connectivity index (χ2n) is 5.19. The summed E-state index contributed by atoms with van der Waals surface area (Å²) in [6.07, 6.45) is 2.84. The number of methoxy groups -OCH3 is 1. The van der Waals surface area contributed by atoms with Crippen molar-refractivity contribution in [2.24, 2.45) is 0 Å². The van der Waals surface area contributed by atoms with Crippen molar-refractivity contribution in [1.29, 1.82) is 0 Å². The van der Waals surface area contributed by atoms with Gasteiger partial charge in [-0.05, 0) is 42.9 Å². The number of carbonyl (C=O) groups is 1. The highest BCUT2D eigenvalue weighted by Crippen LogP contribution is 2.33. The molecule has 0 bridgehead atoms. The highest BCUT2D eigenvalue weighted by atomic mass is 32.2. The summed E-state index contributed by atoms with van der Waals surface area (Å²) in [6, 6.07) is 6.15. The molecular weight excluding hydrogens is 316 g/mol. The van der Waals surface area contributed by atoms with Gasteiger partial charge in [0.15, 0.2) is 0 Å². The van der Waals surface area contributed by atoms with Crippen molar-refractivity contribution < 1.29 is 9.53 Å². The fraction of sp³-hybridized carbons (Fsp3) is 0.375. The summed E-state index contributed by atoms with van der Waals surface area (Å²) in [5.74, 6) is 0.843. The third-order valence-corrected chi connectivity index (χ3v) is 5.89. The number of hydrogen-bond acceptors (Lipinski definition) is 5. The zero-order chi connectivity index (χ0) is 15.7. The van der Waals surface area contributed by atoms with Gasteiger partial charge in [0.05, 0.1) is 13.2 Å². The minimum absolute atomic E-state index is 0.0116. The van der Waals surface area contributed by atoms with Gasteiger partial charge in [0.1, 0.15) is 15.8 Å². The zero-order valence-electron chi connectivity index (χ0n) is 12.8. The Morgan fingerprint density at radius 3 is 3.00 bits per heavy atom. The number of ether oxygens (including phenoxy) is 1. The maximum absolute atomic E-state index is 12.7. The van der Waals surface area contributed by atoms with Gasteiger partial charge >= 0.3 is 0 Å². The summed E-state index contributed by atoms with van der Waals surface area (Å²) in [7, 11) is 1.66. The Hall–Kier alpha value is -1.53. The Kier molecular flexibility index (Phi) is 4.40. The summed E-state index contributed by atoms with van der Waals surface area (Å²) in [5.41, 5.74) is 3.01. The van der Waals surface area contributed by atoms with Crippen molar-refractivity contribution in [3.8, 4) is 5.75 Å². The number of hydrogen-bond donors (Lipinski definition) is 0. The van der Waals surface area contributed by atoms with Crippen LogP contribution in [0.4, 0.5) is 0 Å². The van der Waals surface area contributed by atoms with E-state index in [4.69, 9.17) is 4.74 Å². The first kappa shape index (κ1) is 15.4. The molecule has 1 atom stereocenters. The molecule has 1 aliphatic rings. The smallest absolute Gasteiger partial charge is 0.273 e. The molecule has 0 saturated heterocycles. The number of benzene rings is 1. The summed E-state index contributed by atoms with van der Waals surface area (Å²) >= 11 is 3.09. The van der Waals surface area contributed by atoms with Gasteiger partial charge in [0, 0.05) is 11.9 Å². The molecule has 0 spiro atoms. The molecule has 6 heteroatoms. The average Bonchev–Trinajstić information content (AvgIpc) is 3.03. The van der Waals surface area contributed by atoms with Crippen LogP contribution in [0.5, 0.6) is 5.75 Å². The maximum Gasteiger partial charge on any atom is 0.273 e. The monoisotopic (exact) mass is 334 g/mol. The van der Waals surface area contributed by atoms with Crippen molar-refractivity contribution in [3.05, 3.63) is 40.4 Å². The number of rotatable bonds is 3. The Labute approximate surface area is 138 Å². The second-order valence-corrected chi connectivity index (χ2v) is 7.10. The van der Waals surface area contributed by atoms with E-state index in [9.17, 15) is 4.79 Å². The average molecular weight is 334 g/mol. The molecule has 4 nitrogen and oxygen atoms in total. The lowest BCUT2D eigenvalue weighted by Gasteiger charge is -2.35. The number of nitrogens with zero attached hydrogens (tertiary/aromatic N) is 2. The zero-order valence-corrected chi connectivity index (χ0v) is 14.5. The molecule has 1 unspecified atom stereocenters. The van der Waals surface area contributed by atoms with Crippen molar-refractivity contribution >= 4 is 29.0 Å². The minimum Gasteiger partial charge on any atom is -0.497 e. The topological polar surface area (TPSA) is 42.4 Å². The predicted molar refractivity (Wildman–Crippen MR) is 90.0 cm³/mol. The quantitative estimate of drug-likeness (QED) is 0.804. The van der Waals surface area contributed by atoms with Crippen LogP contribution in [0.3, 0.4) is 0 Å². The third-order valence-electron chi connectivity index (χ3n) is 4.03. The molecule has 22 heavy (non-hydrogen) atoms. The number of thiazole rings is 1. The predicted octanol–water partition coefficient (Wildman–Crippen LogP) is 3.63. The lowest BCUT2D eigenvalue weighted by atomic mass is 9.93. The van der Waals surface area contributed by atoms with Crippen molar-refractivity contribution in [1.82, 2.24) is 9.88 Å². The van der Waals surface area contributed by atoms with Crippen LogP contribution in [0, 0.1) is 0 Å². The Morgan fingerprint density at radius 2 is 2.32 bits per heavy atom. The fourth-order valence-electron chi connectivity index (χ4n) is 2.79. The lowest BCUT2D eigenvalue weighted by molar-refractivity contribution is 0.0671. The van der Waals surface area contributed by atoms with E-state index in [1.165, 1.54) is 22.5 Å². The molecule has 0 radical (unpaired) electrons. The molecular formula is C16H18N2O2S2. The number of aromatic nitrogens is 1. The van der Waals surface area contributed by atoms with E-state index in [0.717, 1.165) is 23.1 Å². The number of thioether (sulfide) groups is 1. The summed E-state index contributed by atoms with van der Waals surface area (Å²) < 4.78 is 6.24. The molecule has 0 saturated carbocycles. The van der Waals surface area contributed by atoms with Crippen molar-refractivity contribution in [2.45, 2.75) is 23.7 Å². The van der Waals surface area contributed by atoms with Gasteiger partial charge in [-0.3, -0.25) is 4.79 Å². The fourth-order valence-corrected chi connectivity index (χ4v) is 4.03. The van der Waals surface area contributed by atoms with E-state index in [-0.39, 0.29) is 11.9 Å². The summed E-state index contributed by atoms with van der Waals surface area (Å²) in [6.45, 7) is 2.79. The standard InChI is InChI=1S/C16H18N2O2S2/c1-10-13-8-12(20-2)5-4-11(13)6-7-18(10)15(19)14-9-22-16(17-14)21-3/h4-5,8-10H,6-7H2,1-3H3. The van der Waals surface area contributed by atoms with Gasteiger partial charge in [-0.2, -0.15) is 0 Å². The van der Waals surface area contributed by atoms with Gasteiger partial charge < -0.3 is 9.64 Å².